The number of rotatable bonds is 6. The molecule has 3 rings (SSSR count). The molecule has 1 aromatic carbocycles. The Morgan fingerprint density at radius 1 is 1.21 bits per heavy atom. The number of nitrogens with one attached hydrogen (secondary N) is 2. The van der Waals surface area contributed by atoms with Crippen LogP contribution in [0.15, 0.2) is 18.2 Å². The summed E-state index contributed by atoms with van der Waals surface area (Å²) in [5, 5.41) is 4.43. The van der Waals surface area contributed by atoms with E-state index in [1.165, 1.54) is 18.2 Å². The summed E-state index contributed by atoms with van der Waals surface area (Å²) in [6.07, 6.45) is -4.88. The lowest BCUT2D eigenvalue weighted by Gasteiger charge is -2.28. The number of amides is 4. The number of carbonyl (C=O) groups is 4. The average Bonchev–Trinajstić information content (AvgIpc) is 2.89. The van der Waals surface area contributed by atoms with Crippen LogP contribution in [0, 0.1) is 0 Å². The first-order valence-corrected chi connectivity index (χ1v) is 8.98. The lowest BCUT2D eigenvalue weighted by Crippen LogP contribution is -2.54. The fraction of sp³-hybridized carbons (Fsp3) is 0.444. The molecule has 0 spiro atoms. The highest BCUT2D eigenvalue weighted by Gasteiger charge is 2.45. The van der Waals surface area contributed by atoms with E-state index in [0.717, 1.165) is 4.90 Å². The number of alkyl halides is 3. The van der Waals surface area contributed by atoms with Gasteiger partial charge >= 0.3 is 6.18 Å². The smallest absolute Gasteiger partial charge is 0.330 e. The first-order valence-electron chi connectivity index (χ1n) is 8.98. The third-order valence-electron chi connectivity index (χ3n) is 4.94. The van der Waals surface area contributed by atoms with Gasteiger partial charge in [-0.25, -0.2) is 0 Å². The number of benzene rings is 1. The summed E-state index contributed by atoms with van der Waals surface area (Å²) in [6, 6.07) is 1.29. The van der Waals surface area contributed by atoms with E-state index in [0.29, 0.717) is 0 Å². The molecule has 4 amide bonds. The molecule has 2 atom stereocenters. The Bertz CT molecular complexity index is 871. The van der Waals surface area contributed by atoms with Gasteiger partial charge in [-0.15, -0.1) is 0 Å². The molecule has 0 saturated carbocycles. The zero-order chi connectivity index (χ0) is 21.3. The highest BCUT2D eigenvalue weighted by molar-refractivity contribution is 6.24. The Labute approximate surface area is 163 Å². The second-order valence-corrected chi connectivity index (χ2v) is 6.84. The second-order valence-electron chi connectivity index (χ2n) is 6.84. The van der Waals surface area contributed by atoms with Gasteiger partial charge in [0.15, 0.2) is 0 Å². The van der Waals surface area contributed by atoms with Gasteiger partial charge in [-0.2, -0.15) is 13.2 Å². The third-order valence-corrected chi connectivity index (χ3v) is 4.94. The van der Waals surface area contributed by atoms with Crippen LogP contribution in [-0.2, 0) is 16.1 Å². The molecule has 2 heterocycles. The summed E-state index contributed by atoms with van der Waals surface area (Å²) in [6.45, 7) is -0.486. The van der Waals surface area contributed by atoms with Crippen LogP contribution < -0.4 is 16.4 Å². The van der Waals surface area contributed by atoms with Crippen LogP contribution in [0.4, 0.5) is 13.2 Å². The quantitative estimate of drug-likeness (QED) is 0.584. The van der Waals surface area contributed by atoms with E-state index >= 15 is 0 Å². The van der Waals surface area contributed by atoms with Crippen LogP contribution >= 0.6 is 0 Å². The Morgan fingerprint density at radius 3 is 2.55 bits per heavy atom. The molecule has 2 unspecified atom stereocenters. The van der Waals surface area contributed by atoms with Crippen LogP contribution in [0.25, 0.3) is 0 Å². The standard InChI is InChI=1S/C18H19F3N4O4/c19-18(20,21)12(6-7-22)23-8-9-2-1-3-10-14(9)17(29)25(16(10)28)11-4-5-13(26)24-15(11)27/h1-3,11-12,23H,4-8,22H2,(H,24,26,27). The number of halogens is 3. The van der Waals surface area contributed by atoms with E-state index in [1.807, 2.05) is 0 Å². The highest BCUT2D eigenvalue weighted by atomic mass is 19.4. The van der Waals surface area contributed by atoms with Gasteiger partial charge < -0.3 is 11.1 Å². The van der Waals surface area contributed by atoms with E-state index in [2.05, 4.69) is 10.6 Å². The maximum atomic E-state index is 13.1. The van der Waals surface area contributed by atoms with E-state index in [9.17, 15) is 32.3 Å². The van der Waals surface area contributed by atoms with Gasteiger partial charge in [0.05, 0.1) is 11.1 Å². The lowest BCUT2D eigenvalue weighted by atomic mass is 10.0. The number of fused-ring (bicyclic) bond motifs is 1. The molecule has 2 aliphatic heterocycles. The Hall–Kier alpha value is -2.79. The molecular weight excluding hydrogens is 393 g/mol. The summed E-state index contributed by atoms with van der Waals surface area (Å²) in [5.74, 6) is -2.73. The molecule has 29 heavy (non-hydrogen) atoms. The van der Waals surface area contributed by atoms with Gasteiger partial charge in [-0.3, -0.25) is 29.4 Å². The van der Waals surface area contributed by atoms with Gasteiger partial charge in [-0.1, -0.05) is 12.1 Å². The first-order chi connectivity index (χ1) is 13.6. The van der Waals surface area contributed by atoms with Gasteiger partial charge in [0.2, 0.25) is 11.8 Å². The zero-order valence-electron chi connectivity index (χ0n) is 15.2. The van der Waals surface area contributed by atoms with Crippen molar-refractivity contribution in [2.45, 2.75) is 44.1 Å². The largest absolute Gasteiger partial charge is 0.403 e. The van der Waals surface area contributed by atoms with Crippen LogP contribution in [-0.4, -0.2) is 53.3 Å². The van der Waals surface area contributed by atoms with Crippen LogP contribution in [0.5, 0.6) is 0 Å². The van der Waals surface area contributed by atoms with Gasteiger partial charge in [0.25, 0.3) is 11.8 Å². The molecule has 1 aromatic rings. The highest BCUT2D eigenvalue weighted by Crippen LogP contribution is 2.30. The summed E-state index contributed by atoms with van der Waals surface area (Å²) < 4.78 is 39.2. The predicted octanol–water partition coefficient (Wildman–Crippen LogP) is 0.457. The van der Waals surface area contributed by atoms with Crippen molar-refractivity contribution in [3.05, 3.63) is 34.9 Å². The Kier molecular flexibility index (Phi) is 5.71. The summed E-state index contributed by atoms with van der Waals surface area (Å²) in [4.78, 5) is 49.8. The van der Waals surface area contributed by atoms with Crippen molar-refractivity contribution in [2.75, 3.05) is 6.54 Å². The third kappa shape index (κ3) is 4.01. The van der Waals surface area contributed by atoms with E-state index in [4.69, 9.17) is 5.73 Å². The minimum absolute atomic E-state index is 0.00360. The first kappa shape index (κ1) is 20.9. The van der Waals surface area contributed by atoms with Crippen molar-refractivity contribution in [1.82, 2.24) is 15.5 Å². The summed E-state index contributed by atoms with van der Waals surface area (Å²) in [5.41, 5.74) is 5.43. The number of nitrogens with zero attached hydrogens (tertiary/aromatic N) is 1. The van der Waals surface area contributed by atoms with Crippen molar-refractivity contribution in [2.24, 2.45) is 5.73 Å². The Balaban J connectivity index is 1.85. The molecule has 1 saturated heterocycles. The van der Waals surface area contributed by atoms with Crippen LogP contribution in [0.1, 0.15) is 45.5 Å². The number of piperidine rings is 1. The molecule has 0 bridgehead atoms. The van der Waals surface area contributed by atoms with E-state index in [1.54, 1.807) is 0 Å². The number of carbonyl (C=O) groups excluding carboxylic acids is 4. The van der Waals surface area contributed by atoms with Crippen LogP contribution in [0.3, 0.4) is 0 Å². The van der Waals surface area contributed by atoms with E-state index in [-0.39, 0.29) is 49.0 Å². The average molecular weight is 412 g/mol. The maximum Gasteiger partial charge on any atom is 0.403 e. The van der Waals surface area contributed by atoms with Crippen molar-refractivity contribution in [3.8, 4) is 0 Å². The molecule has 0 aromatic heterocycles. The molecule has 156 valence electrons. The molecule has 4 N–H and O–H groups in total. The number of hydrogen-bond acceptors (Lipinski definition) is 6. The van der Waals surface area contributed by atoms with Crippen molar-refractivity contribution >= 4 is 23.6 Å². The van der Waals surface area contributed by atoms with Crippen molar-refractivity contribution in [3.63, 3.8) is 0 Å². The fourth-order valence-electron chi connectivity index (χ4n) is 3.51. The van der Waals surface area contributed by atoms with Crippen molar-refractivity contribution in [1.29, 1.82) is 0 Å². The van der Waals surface area contributed by atoms with Crippen LogP contribution in [0.2, 0.25) is 0 Å². The molecule has 0 radical (unpaired) electrons. The SMILES string of the molecule is NCCC(NCc1cccc2c1C(=O)N(C1CCC(=O)NC1=O)C2=O)C(F)(F)F. The minimum Gasteiger partial charge on any atom is -0.330 e. The fourth-order valence-corrected chi connectivity index (χ4v) is 3.51. The topological polar surface area (TPSA) is 122 Å². The molecule has 2 aliphatic rings. The van der Waals surface area contributed by atoms with E-state index < -0.39 is 41.9 Å². The predicted molar refractivity (Wildman–Crippen MR) is 93.5 cm³/mol. The van der Waals surface area contributed by atoms with Gasteiger partial charge in [0.1, 0.15) is 12.1 Å². The molecule has 1 fully saturated rings. The molecular formula is C18H19F3N4O4. The summed E-state index contributed by atoms with van der Waals surface area (Å²) >= 11 is 0. The van der Waals surface area contributed by atoms with Crippen molar-refractivity contribution < 1.29 is 32.3 Å². The molecule has 8 nitrogen and oxygen atoms in total. The normalized spacial score (nSPS) is 20.7. The van der Waals surface area contributed by atoms with Gasteiger partial charge in [0, 0.05) is 13.0 Å². The second kappa shape index (κ2) is 7.91. The minimum atomic E-state index is -4.52. The molecule has 11 heteroatoms. The van der Waals surface area contributed by atoms with Gasteiger partial charge in [-0.05, 0) is 31.0 Å². The lowest BCUT2D eigenvalue weighted by molar-refractivity contribution is -0.157. The maximum absolute atomic E-state index is 13.1. The summed E-state index contributed by atoms with van der Waals surface area (Å²) in [7, 11) is 0. The number of imide groups is 2. The Morgan fingerprint density at radius 2 is 1.93 bits per heavy atom. The number of nitrogens with two attached hydrogens (primary N) is 1. The molecule has 0 aliphatic carbocycles. The number of hydrogen-bond donors (Lipinski definition) is 3. The monoisotopic (exact) mass is 412 g/mol. The zero-order valence-corrected chi connectivity index (χ0v) is 15.2.